The Kier molecular flexibility index (Phi) is 21.4. The summed E-state index contributed by atoms with van der Waals surface area (Å²) in [5, 5.41) is 0. The zero-order valence-corrected chi connectivity index (χ0v) is 9.84. The van der Waals surface area contributed by atoms with Crippen molar-refractivity contribution in [3.8, 4) is 0 Å². The topological polar surface area (TPSA) is 6.48 Å². The van der Waals surface area contributed by atoms with Gasteiger partial charge in [-0.2, -0.15) is 0 Å². The second-order valence-corrected chi connectivity index (χ2v) is 2.61. The van der Waals surface area contributed by atoms with Crippen molar-refractivity contribution >= 4 is 23.1 Å². The summed E-state index contributed by atoms with van der Waals surface area (Å²) in [5.74, 6) is 0. The molecule has 0 N–H and O–H groups in total. The third-order valence-electron chi connectivity index (χ3n) is 0.894. The van der Waals surface area contributed by atoms with Gasteiger partial charge >= 0.3 is 23.1 Å². The van der Waals surface area contributed by atoms with Crippen LogP contribution in [0.5, 0.6) is 0 Å². The van der Waals surface area contributed by atoms with E-state index < -0.39 is 0 Å². The molecule has 11 heavy (non-hydrogen) atoms. The molecule has 0 atom stereocenters. The smallest absolute Gasteiger partial charge is 0.339 e. The maximum Gasteiger partial charge on any atom is 2.00 e. The van der Waals surface area contributed by atoms with Crippen molar-refractivity contribution < 1.29 is 0 Å². The Morgan fingerprint density at radius 1 is 0.818 bits per heavy atom. The van der Waals surface area contributed by atoms with E-state index in [4.69, 9.17) is 0 Å². The summed E-state index contributed by atoms with van der Waals surface area (Å²) in [6.45, 7) is 9.00. The Morgan fingerprint density at radius 2 is 0.909 bits per heavy atom. The zero-order valence-electron chi connectivity index (χ0n) is 8.43. The first-order chi connectivity index (χ1) is 4.54. The minimum atomic E-state index is 0. The van der Waals surface area contributed by atoms with Crippen molar-refractivity contribution in [1.82, 2.24) is 9.80 Å². The zero-order chi connectivity index (χ0) is 8.57. The number of rotatable bonds is 2. The van der Waals surface area contributed by atoms with Crippen LogP contribution in [0.1, 0.15) is 0 Å². The van der Waals surface area contributed by atoms with E-state index >= 15 is 0 Å². The van der Waals surface area contributed by atoms with E-state index in [0.717, 1.165) is 13.1 Å². The number of hydrogen-bond donors (Lipinski definition) is 0. The molecule has 0 aliphatic rings. The van der Waals surface area contributed by atoms with Crippen LogP contribution in [-0.4, -0.2) is 74.1 Å². The van der Waals surface area contributed by atoms with Crippen LogP contribution in [0.25, 0.3) is 0 Å². The molecule has 0 saturated carbocycles. The first-order valence-electron chi connectivity index (χ1n) is 3.42. The van der Waals surface area contributed by atoms with Gasteiger partial charge < -0.3 is 23.6 Å². The predicted octanol–water partition coefficient (Wildman–Crippen LogP) is 0.383. The molecule has 0 rings (SSSR count). The van der Waals surface area contributed by atoms with Gasteiger partial charge in [-0.25, -0.2) is 0 Å². The molecule has 0 bridgehead atoms. The van der Waals surface area contributed by atoms with Crippen molar-refractivity contribution in [2.24, 2.45) is 0 Å². The first kappa shape index (κ1) is 17.7. The van der Waals surface area contributed by atoms with Crippen LogP contribution in [0, 0.1) is 13.8 Å². The van der Waals surface area contributed by atoms with Gasteiger partial charge in [-0.05, 0) is 28.2 Å². The minimum absolute atomic E-state index is 0. The molecule has 0 heterocycles. The van der Waals surface area contributed by atoms with Crippen LogP contribution in [0.15, 0.2) is 0 Å². The van der Waals surface area contributed by atoms with E-state index in [1.54, 1.807) is 0 Å². The summed E-state index contributed by atoms with van der Waals surface area (Å²) in [6.07, 6.45) is 0. The van der Waals surface area contributed by atoms with Crippen molar-refractivity contribution in [2.75, 3.05) is 41.3 Å². The molecular weight excluding hydrogens is 148 g/mol. The van der Waals surface area contributed by atoms with Crippen LogP contribution < -0.4 is 0 Å². The fraction of sp³-hybridized carbons (Fsp3) is 0.750. The average Bonchev–Trinajstić information content (AvgIpc) is 1.89. The van der Waals surface area contributed by atoms with Crippen molar-refractivity contribution in [2.45, 2.75) is 0 Å². The van der Waals surface area contributed by atoms with Gasteiger partial charge in [-0.3, -0.25) is 0 Å². The van der Waals surface area contributed by atoms with Gasteiger partial charge in [0.2, 0.25) is 0 Å². The maximum absolute atomic E-state index is 3.61. The SMILES string of the molecule is [CH2-]CN(C)C.[CH2-]CN(C)C.[Mg+2]. The fourth-order valence-corrected chi connectivity index (χ4v) is 0. The number of nitrogens with zero attached hydrogens (tertiary/aromatic N) is 2. The summed E-state index contributed by atoms with van der Waals surface area (Å²) < 4.78 is 0. The predicted molar refractivity (Wildman–Crippen MR) is 53.6 cm³/mol. The first-order valence-corrected chi connectivity index (χ1v) is 3.42. The molecule has 0 aliphatic carbocycles. The molecule has 0 aromatic rings. The molecule has 0 amide bonds. The molecular formula is C8H20MgN2. The summed E-state index contributed by atoms with van der Waals surface area (Å²) in [6, 6.07) is 0. The Labute approximate surface area is 88.1 Å². The summed E-state index contributed by atoms with van der Waals surface area (Å²) in [5.41, 5.74) is 0. The second-order valence-electron chi connectivity index (χ2n) is 2.61. The normalized spacial score (nSPS) is 8.73. The van der Waals surface area contributed by atoms with Gasteiger partial charge in [0.15, 0.2) is 0 Å². The van der Waals surface area contributed by atoms with Gasteiger partial charge in [-0.1, -0.05) is 0 Å². The summed E-state index contributed by atoms with van der Waals surface area (Å²) in [4.78, 5) is 4.03. The standard InChI is InChI=1S/2C4H10N.Mg/c2*1-4-5(2)3;/h2*1,4H2,2-3H3;/q2*-1;+2. The quantitative estimate of drug-likeness (QED) is 0.435. The van der Waals surface area contributed by atoms with Crippen LogP contribution >= 0.6 is 0 Å². The van der Waals surface area contributed by atoms with Crippen molar-refractivity contribution in [3.63, 3.8) is 0 Å². The molecule has 0 fully saturated rings. The van der Waals surface area contributed by atoms with E-state index in [9.17, 15) is 0 Å². The molecule has 0 spiro atoms. The molecule has 64 valence electrons. The largest absolute Gasteiger partial charge is 2.00 e. The van der Waals surface area contributed by atoms with Gasteiger partial charge in [0.25, 0.3) is 0 Å². The Morgan fingerprint density at radius 3 is 0.909 bits per heavy atom. The monoisotopic (exact) mass is 168 g/mol. The third-order valence-corrected chi connectivity index (χ3v) is 0.894. The summed E-state index contributed by atoms with van der Waals surface area (Å²) >= 11 is 0. The molecule has 0 unspecified atom stereocenters. The molecule has 0 saturated heterocycles. The van der Waals surface area contributed by atoms with E-state index in [1.807, 2.05) is 38.0 Å². The Hall–Kier alpha value is 0.686. The Balaban J connectivity index is -0.000000107. The Bertz CT molecular complexity index is 48.1. The van der Waals surface area contributed by atoms with Crippen LogP contribution in [0.2, 0.25) is 0 Å². The van der Waals surface area contributed by atoms with Crippen LogP contribution in [-0.2, 0) is 0 Å². The van der Waals surface area contributed by atoms with E-state index in [-0.39, 0.29) is 23.1 Å². The molecule has 0 aromatic heterocycles. The average molecular weight is 169 g/mol. The molecule has 0 aliphatic heterocycles. The molecule has 3 heteroatoms. The van der Waals surface area contributed by atoms with Gasteiger partial charge in [0.1, 0.15) is 0 Å². The van der Waals surface area contributed by atoms with Gasteiger partial charge in [0.05, 0.1) is 0 Å². The van der Waals surface area contributed by atoms with E-state index in [0.29, 0.717) is 0 Å². The van der Waals surface area contributed by atoms with Crippen LogP contribution in [0.3, 0.4) is 0 Å². The van der Waals surface area contributed by atoms with E-state index in [1.165, 1.54) is 0 Å². The van der Waals surface area contributed by atoms with Crippen molar-refractivity contribution in [3.05, 3.63) is 13.8 Å². The van der Waals surface area contributed by atoms with Crippen molar-refractivity contribution in [1.29, 1.82) is 0 Å². The maximum atomic E-state index is 3.61. The third kappa shape index (κ3) is 36.7. The summed E-state index contributed by atoms with van der Waals surface area (Å²) in [7, 11) is 7.97. The second kappa shape index (κ2) is 13.3. The molecule has 0 radical (unpaired) electrons. The number of hydrogen-bond acceptors (Lipinski definition) is 2. The minimum Gasteiger partial charge on any atom is -0.339 e. The fourth-order valence-electron chi connectivity index (χ4n) is 0. The van der Waals surface area contributed by atoms with E-state index in [2.05, 4.69) is 13.8 Å². The molecule has 2 nitrogen and oxygen atoms in total. The molecule has 0 aromatic carbocycles. The van der Waals surface area contributed by atoms with Crippen LogP contribution in [0.4, 0.5) is 0 Å². The van der Waals surface area contributed by atoms with Gasteiger partial charge in [-0.15, -0.1) is 13.1 Å². The van der Waals surface area contributed by atoms with Gasteiger partial charge in [0, 0.05) is 0 Å².